The lowest BCUT2D eigenvalue weighted by molar-refractivity contribution is -0.143. The van der Waals surface area contributed by atoms with Gasteiger partial charge in [0, 0.05) is 19.5 Å². The minimum atomic E-state index is -0.361. The Morgan fingerprint density at radius 1 is 1.45 bits per heavy atom. The molecule has 20 heavy (non-hydrogen) atoms. The van der Waals surface area contributed by atoms with E-state index in [1.54, 1.807) is 17.0 Å². The molecule has 0 aromatic heterocycles. The first-order valence-electron chi connectivity index (χ1n) is 6.97. The van der Waals surface area contributed by atoms with Gasteiger partial charge in [-0.3, -0.25) is 9.59 Å². The van der Waals surface area contributed by atoms with Gasteiger partial charge in [0.25, 0.3) is 0 Å². The molecule has 2 amide bonds. The molecule has 1 aliphatic heterocycles. The van der Waals surface area contributed by atoms with E-state index in [2.05, 4.69) is 5.32 Å². The van der Waals surface area contributed by atoms with Crippen LogP contribution in [0.1, 0.15) is 25.3 Å². The van der Waals surface area contributed by atoms with E-state index in [1.807, 2.05) is 19.1 Å². The number of benzene rings is 1. The summed E-state index contributed by atoms with van der Waals surface area (Å²) in [6.07, 6.45) is 1.41. The molecule has 0 aliphatic carbocycles. The highest BCUT2D eigenvalue weighted by Crippen LogP contribution is 2.18. The number of carbonyl (C=O) groups is 2. The molecule has 0 saturated carbocycles. The molecule has 1 fully saturated rings. The van der Waals surface area contributed by atoms with Crippen LogP contribution in [0.2, 0.25) is 0 Å². The van der Waals surface area contributed by atoms with Crippen LogP contribution in [0, 0.1) is 0 Å². The first-order chi connectivity index (χ1) is 9.63. The number of phenols is 1. The highest BCUT2D eigenvalue weighted by molar-refractivity contribution is 5.88. The quantitative estimate of drug-likeness (QED) is 0.864. The summed E-state index contributed by atoms with van der Waals surface area (Å²) in [6, 6.07) is 6.65. The number of piperazine rings is 1. The first kappa shape index (κ1) is 14.4. The summed E-state index contributed by atoms with van der Waals surface area (Å²) in [4.78, 5) is 25.6. The van der Waals surface area contributed by atoms with Crippen molar-refractivity contribution < 1.29 is 14.7 Å². The second kappa shape index (κ2) is 6.41. The van der Waals surface area contributed by atoms with Crippen LogP contribution in [0.15, 0.2) is 24.3 Å². The molecule has 1 aromatic rings. The van der Waals surface area contributed by atoms with Crippen molar-refractivity contribution in [2.45, 2.75) is 32.2 Å². The maximum atomic E-state index is 12.3. The summed E-state index contributed by atoms with van der Waals surface area (Å²) >= 11 is 0. The van der Waals surface area contributed by atoms with E-state index in [0.717, 1.165) is 5.56 Å². The monoisotopic (exact) mass is 276 g/mol. The van der Waals surface area contributed by atoms with Crippen molar-refractivity contribution in [3.05, 3.63) is 29.8 Å². The molecule has 1 unspecified atom stereocenters. The SMILES string of the molecule is CCC1C(=O)NCCN1C(=O)CCc1ccccc1O. The Morgan fingerprint density at radius 2 is 2.20 bits per heavy atom. The number of rotatable bonds is 4. The number of nitrogens with zero attached hydrogens (tertiary/aromatic N) is 1. The number of nitrogens with one attached hydrogen (secondary N) is 1. The lowest BCUT2D eigenvalue weighted by atomic mass is 10.1. The zero-order chi connectivity index (χ0) is 14.5. The van der Waals surface area contributed by atoms with Gasteiger partial charge in [0.1, 0.15) is 11.8 Å². The molecule has 1 atom stereocenters. The van der Waals surface area contributed by atoms with Crippen molar-refractivity contribution in [3.63, 3.8) is 0 Å². The molecule has 2 N–H and O–H groups in total. The maximum absolute atomic E-state index is 12.3. The molecule has 0 radical (unpaired) electrons. The Bertz CT molecular complexity index is 502. The molecular formula is C15H20N2O3. The first-order valence-corrected chi connectivity index (χ1v) is 6.97. The van der Waals surface area contributed by atoms with E-state index in [4.69, 9.17) is 0 Å². The fraction of sp³-hybridized carbons (Fsp3) is 0.467. The van der Waals surface area contributed by atoms with Gasteiger partial charge in [-0.25, -0.2) is 0 Å². The fourth-order valence-corrected chi connectivity index (χ4v) is 2.53. The number of amides is 2. The number of aryl methyl sites for hydroxylation is 1. The van der Waals surface area contributed by atoms with Crippen LogP contribution in [0.25, 0.3) is 0 Å². The van der Waals surface area contributed by atoms with Gasteiger partial charge >= 0.3 is 0 Å². The second-order valence-corrected chi connectivity index (χ2v) is 4.93. The van der Waals surface area contributed by atoms with Gasteiger partial charge < -0.3 is 15.3 Å². The summed E-state index contributed by atoms with van der Waals surface area (Å²) in [5.41, 5.74) is 0.760. The number of para-hydroxylation sites is 1. The molecular weight excluding hydrogens is 256 g/mol. The number of aromatic hydroxyl groups is 1. The van der Waals surface area contributed by atoms with Crippen molar-refractivity contribution in [1.82, 2.24) is 10.2 Å². The van der Waals surface area contributed by atoms with Crippen molar-refractivity contribution in [3.8, 4) is 5.75 Å². The summed E-state index contributed by atoms with van der Waals surface area (Å²) in [5.74, 6) is 0.105. The van der Waals surface area contributed by atoms with Crippen LogP contribution in [0.3, 0.4) is 0 Å². The largest absolute Gasteiger partial charge is 0.508 e. The lowest BCUT2D eigenvalue weighted by Gasteiger charge is -2.34. The zero-order valence-electron chi connectivity index (χ0n) is 11.6. The van der Waals surface area contributed by atoms with E-state index in [1.165, 1.54) is 0 Å². The topological polar surface area (TPSA) is 69.6 Å². The van der Waals surface area contributed by atoms with Gasteiger partial charge in [0.2, 0.25) is 11.8 Å². The Labute approximate surface area is 118 Å². The molecule has 1 aromatic carbocycles. The Morgan fingerprint density at radius 3 is 2.90 bits per heavy atom. The highest BCUT2D eigenvalue weighted by atomic mass is 16.3. The summed E-state index contributed by atoms with van der Waals surface area (Å²) in [7, 11) is 0. The Hall–Kier alpha value is -2.04. The predicted octanol–water partition coefficient (Wildman–Crippen LogP) is 1.06. The average molecular weight is 276 g/mol. The van der Waals surface area contributed by atoms with E-state index in [9.17, 15) is 14.7 Å². The van der Waals surface area contributed by atoms with Crippen LogP contribution in [0.5, 0.6) is 5.75 Å². The molecule has 0 bridgehead atoms. The van der Waals surface area contributed by atoms with Crippen LogP contribution < -0.4 is 5.32 Å². The van der Waals surface area contributed by atoms with Crippen molar-refractivity contribution in [2.24, 2.45) is 0 Å². The molecule has 1 heterocycles. The minimum Gasteiger partial charge on any atom is -0.508 e. The average Bonchev–Trinajstić information content (AvgIpc) is 2.46. The van der Waals surface area contributed by atoms with Gasteiger partial charge in [-0.15, -0.1) is 0 Å². The third-order valence-corrected chi connectivity index (χ3v) is 3.64. The van der Waals surface area contributed by atoms with Crippen LogP contribution in [0.4, 0.5) is 0 Å². The molecule has 1 aliphatic rings. The Kier molecular flexibility index (Phi) is 4.61. The van der Waals surface area contributed by atoms with Crippen molar-refractivity contribution in [2.75, 3.05) is 13.1 Å². The van der Waals surface area contributed by atoms with Crippen LogP contribution in [-0.4, -0.2) is 41.0 Å². The standard InChI is InChI=1S/C15H20N2O3/c1-2-12-15(20)16-9-10-17(12)14(19)8-7-11-5-3-4-6-13(11)18/h3-6,12,18H,2,7-10H2,1H3,(H,16,20). The smallest absolute Gasteiger partial charge is 0.242 e. The normalized spacial score (nSPS) is 18.8. The van der Waals surface area contributed by atoms with E-state index in [0.29, 0.717) is 32.4 Å². The van der Waals surface area contributed by atoms with Crippen LogP contribution >= 0.6 is 0 Å². The van der Waals surface area contributed by atoms with Gasteiger partial charge in [-0.1, -0.05) is 25.1 Å². The fourth-order valence-electron chi connectivity index (χ4n) is 2.53. The van der Waals surface area contributed by atoms with E-state index < -0.39 is 0 Å². The molecule has 2 rings (SSSR count). The van der Waals surface area contributed by atoms with Gasteiger partial charge in [0.05, 0.1) is 0 Å². The number of hydrogen-bond acceptors (Lipinski definition) is 3. The number of phenolic OH excluding ortho intramolecular Hbond substituents is 1. The predicted molar refractivity (Wildman–Crippen MR) is 75.2 cm³/mol. The number of hydrogen-bond donors (Lipinski definition) is 2. The Balaban J connectivity index is 1.97. The van der Waals surface area contributed by atoms with Gasteiger partial charge in [-0.2, -0.15) is 0 Å². The molecule has 5 heteroatoms. The summed E-state index contributed by atoms with van der Waals surface area (Å²) in [5, 5.41) is 12.5. The third-order valence-electron chi connectivity index (χ3n) is 3.64. The van der Waals surface area contributed by atoms with E-state index in [-0.39, 0.29) is 23.6 Å². The van der Waals surface area contributed by atoms with Crippen molar-refractivity contribution in [1.29, 1.82) is 0 Å². The summed E-state index contributed by atoms with van der Waals surface area (Å²) < 4.78 is 0. The van der Waals surface area contributed by atoms with Crippen LogP contribution in [-0.2, 0) is 16.0 Å². The van der Waals surface area contributed by atoms with Crippen molar-refractivity contribution >= 4 is 11.8 Å². The number of carbonyl (C=O) groups excluding carboxylic acids is 2. The maximum Gasteiger partial charge on any atom is 0.242 e. The third kappa shape index (κ3) is 3.10. The van der Waals surface area contributed by atoms with E-state index >= 15 is 0 Å². The molecule has 1 saturated heterocycles. The van der Waals surface area contributed by atoms with Gasteiger partial charge in [-0.05, 0) is 24.5 Å². The molecule has 5 nitrogen and oxygen atoms in total. The zero-order valence-corrected chi connectivity index (χ0v) is 11.6. The minimum absolute atomic E-state index is 0.0325. The lowest BCUT2D eigenvalue weighted by Crippen LogP contribution is -2.56. The summed E-state index contributed by atoms with van der Waals surface area (Å²) in [6.45, 7) is 2.97. The van der Waals surface area contributed by atoms with Gasteiger partial charge in [0.15, 0.2) is 0 Å². The highest BCUT2D eigenvalue weighted by Gasteiger charge is 2.31. The second-order valence-electron chi connectivity index (χ2n) is 4.93. The molecule has 108 valence electrons. The molecule has 0 spiro atoms.